The Balaban J connectivity index is 0. The Labute approximate surface area is 191 Å². The number of unbranched alkanes of at least 4 members (excludes halogenated alkanes) is 6. The van der Waals surface area contributed by atoms with Crippen LogP contribution in [0.25, 0.3) is 0 Å². The van der Waals surface area contributed by atoms with Crippen LogP contribution in [0.15, 0.2) is 24.3 Å². The topological polar surface area (TPSA) is 63.6 Å². The van der Waals surface area contributed by atoms with Gasteiger partial charge >= 0.3 is 51.4 Å². The first-order chi connectivity index (χ1) is 11.0. The molecule has 1 rings (SSSR count). The first-order valence-electron chi connectivity index (χ1n) is 8.68. The molecule has 0 heterocycles. The van der Waals surface area contributed by atoms with Gasteiger partial charge in [-0.15, -0.1) is 0 Å². The van der Waals surface area contributed by atoms with Crippen molar-refractivity contribution in [2.45, 2.75) is 64.7 Å². The summed E-state index contributed by atoms with van der Waals surface area (Å²) in [6.07, 6.45) is 10.6. The molecule has 0 aliphatic carbocycles. The fourth-order valence-electron chi connectivity index (χ4n) is 2.47. The Hall–Kier alpha value is 0.566. The monoisotopic (exact) mass is 382 g/mol. The Morgan fingerprint density at radius 3 is 2.12 bits per heavy atom. The van der Waals surface area contributed by atoms with Gasteiger partial charge in [-0.2, -0.15) is 8.42 Å². The third-order valence-electron chi connectivity index (χ3n) is 3.81. The van der Waals surface area contributed by atoms with Crippen LogP contribution in [0, 0.1) is 0 Å². The summed E-state index contributed by atoms with van der Waals surface area (Å²) in [6, 6.07) is 7.97. The van der Waals surface area contributed by atoms with Gasteiger partial charge in [0.1, 0.15) is 5.75 Å². The number of hydrogen-bond donors (Lipinski definition) is 1. The summed E-state index contributed by atoms with van der Waals surface area (Å²) in [4.78, 5) is 0. The third-order valence-corrected chi connectivity index (χ3v) is 4.61. The summed E-state index contributed by atoms with van der Waals surface area (Å²) in [5, 5.41) is 0. The molecule has 24 heavy (non-hydrogen) atoms. The van der Waals surface area contributed by atoms with Crippen LogP contribution >= 0.6 is 0 Å². The van der Waals surface area contributed by atoms with Gasteiger partial charge in [-0.3, -0.25) is 4.55 Å². The predicted octanol–water partition coefficient (Wildman–Crippen LogP) is 1.75. The molecule has 0 saturated heterocycles. The van der Waals surface area contributed by atoms with Gasteiger partial charge in [-0.05, 0) is 37.0 Å². The fourth-order valence-corrected chi connectivity index (χ4v) is 2.95. The summed E-state index contributed by atoms with van der Waals surface area (Å²) >= 11 is 0. The van der Waals surface area contributed by atoms with Crippen molar-refractivity contribution in [1.29, 1.82) is 0 Å². The molecule has 0 aliphatic rings. The average molecular weight is 383 g/mol. The molecule has 0 saturated carbocycles. The van der Waals surface area contributed by atoms with Crippen LogP contribution in [0.4, 0.5) is 0 Å². The summed E-state index contributed by atoms with van der Waals surface area (Å²) in [5.41, 5.74) is 1.31. The molecular formula is C18H31KO4S. The molecule has 0 atom stereocenters. The molecule has 0 radical (unpaired) electrons. The minimum atomic E-state index is -3.89. The zero-order valence-electron chi connectivity index (χ0n) is 16.2. The SMILES string of the molecule is CCCCCCCCCc1ccc(OCCCS(=O)(=O)O)cc1.[H-].[K+]. The van der Waals surface area contributed by atoms with E-state index in [-0.39, 0.29) is 65.2 Å². The molecule has 0 spiro atoms. The predicted molar refractivity (Wildman–Crippen MR) is 95.8 cm³/mol. The molecule has 0 aromatic heterocycles. The molecule has 0 bridgehead atoms. The van der Waals surface area contributed by atoms with Crippen LogP contribution < -0.4 is 56.1 Å². The van der Waals surface area contributed by atoms with Crippen molar-refractivity contribution in [2.24, 2.45) is 0 Å². The van der Waals surface area contributed by atoms with Gasteiger partial charge in [0.25, 0.3) is 10.1 Å². The molecule has 0 fully saturated rings. The normalized spacial score (nSPS) is 11.1. The first kappa shape index (κ1) is 24.6. The Morgan fingerprint density at radius 1 is 0.958 bits per heavy atom. The van der Waals surface area contributed by atoms with Gasteiger partial charge in [0.15, 0.2) is 0 Å². The largest absolute Gasteiger partial charge is 1.00 e. The first-order valence-corrected chi connectivity index (χ1v) is 10.3. The molecule has 1 aromatic rings. The maximum absolute atomic E-state index is 10.6. The van der Waals surface area contributed by atoms with Crippen LogP contribution in [0.5, 0.6) is 5.75 Å². The molecular weight excluding hydrogens is 351 g/mol. The van der Waals surface area contributed by atoms with Crippen molar-refractivity contribution >= 4 is 10.1 Å². The summed E-state index contributed by atoms with van der Waals surface area (Å²) < 4.78 is 35.3. The average Bonchev–Trinajstić information content (AvgIpc) is 2.51. The van der Waals surface area contributed by atoms with E-state index in [9.17, 15) is 8.42 Å². The Bertz CT molecular complexity index is 520. The molecule has 1 N–H and O–H groups in total. The molecule has 0 unspecified atom stereocenters. The zero-order valence-corrected chi connectivity index (χ0v) is 19.1. The number of ether oxygens (including phenoxy) is 1. The van der Waals surface area contributed by atoms with Crippen molar-refractivity contribution in [3.05, 3.63) is 29.8 Å². The minimum Gasteiger partial charge on any atom is -1.00 e. The van der Waals surface area contributed by atoms with Gasteiger partial charge in [-0.1, -0.05) is 57.6 Å². The van der Waals surface area contributed by atoms with Crippen molar-refractivity contribution in [2.75, 3.05) is 12.4 Å². The third kappa shape index (κ3) is 13.8. The second kappa shape index (κ2) is 14.7. The van der Waals surface area contributed by atoms with E-state index in [1.54, 1.807) is 0 Å². The van der Waals surface area contributed by atoms with E-state index >= 15 is 0 Å². The Morgan fingerprint density at radius 2 is 1.54 bits per heavy atom. The van der Waals surface area contributed by atoms with E-state index in [0.717, 1.165) is 12.2 Å². The smallest absolute Gasteiger partial charge is 1.00 e. The molecule has 4 nitrogen and oxygen atoms in total. The van der Waals surface area contributed by atoms with E-state index in [1.807, 2.05) is 12.1 Å². The summed E-state index contributed by atoms with van der Waals surface area (Å²) in [6.45, 7) is 2.53. The van der Waals surface area contributed by atoms with Crippen LogP contribution in [0.1, 0.15) is 65.3 Å². The summed E-state index contributed by atoms with van der Waals surface area (Å²) in [7, 11) is -3.89. The molecule has 134 valence electrons. The van der Waals surface area contributed by atoms with Crippen LogP contribution in [0.3, 0.4) is 0 Å². The Kier molecular flexibility index (Phi) is 15.1. The second-order valence-electron chi connectivity index (χ2n) is 6.00. The van der Waals surface area contributed by atoms with E-state index < -0.39 is 10.1 Å². The second-order valence-corrected chi connectivity index (χ2v) is 7.58. The maximum atomic E-state index is 10.6. The van der Waals surface area contributed by atoms with Crippen molar-refractivity contribution < 1.29 is 70.5 Å². The number of rotatable bonds is 13. The maximum Gasteiger partial charge on any atom is 1.00 e. The van der Waals surface area contributed by atoms with E-state index in [2.05, 4.69) is 19.1 Å². The number of aryl methyl sites for hydroxylation is 1. The van der Waals surface area contributed by atoms with Gasteiger partial charge in [0.05, 0.1) is 12.4 Å². The molecule has 1 aromatic carbocycles. The van der Waals surface area contributed by atoms with Gasteiger partial charge in [0, 0.05) is 0 Å². The van der Waals surface area contributed by atoms with Crippen molar-refractivity contribution in [3.8, 4) is 5.75 Å². The quantitative estimate of drug-likeness (QED) is 0.321. The van der Waals surface area contributed by atoms with Gasteiger partial charge in [0.2, 0.25) is 0 Å². The van der Waals surface area contributed by atoms with E-state index in [1.165, 1.54) is 50.5 Å². The minimum absolute atomic E-state index is 0. The van der Waals surface area contributed by atoms with Crippen molar-refractivity contribution in [1.82, 2.24) is 0 Å². The van der Waals surface area contributed by atoms with Gasteiger partial charge < -0.3 is 6.16 Å². The number of benzene rings is 1. The number of hydrogen-bond acceptors (Lipinski definition) is 3. The van der Waals surface area contributed by atoms with Crippen LogP contribution in [0.2, 0.25) is 0 Å². The molecule has 0 aliphatic heterocycles. The van der Waals surface area contributed by atoms with Crippen LogP contribution in [-0.2, 0) is 16.5 Å². The zero-order chi connectivity index (χ0) is 17.0. The van der Waals surface area contributed by atoms with Crippen LogP contribution in [-0.4, -0.2) is 25.3 Å². The van der Waals surface area contributed by atoms with E-state index in [0.29, 0.717) is 6.42 Å². The standard InChI is InChI=1S/C18H30O4S.K.H/c1-2-3-4-5-6-7-8-10-17-11-13-18(14-12-17)22-15-9-16-23(19,20)21;;/h11-14H,2-10,15-16H2,1H3,(H,19,20,21);;/q;+1;-1. The van der Waals surface area contributed by atoms with Crippen molar-refractivity contribution in [3.63, 3.8) is 0 Å². The fraction of sp³-hybridized carbons (Fsp3) is 0.667. The van der Waals surface area contributed by atoms with Gasteiger partial charge in [-0.25, -0.2) is 0 Å². The molecule has 0 amide bonds. The summed E-state index contributed by atoms with van der Waals surface area (Å²) in [5.74, 6) is 0.479. The van der Waals surface area contributed by atoms with E-state index in [4.69, 9.17) is 9.29 Å². The molecule has 6 heteroatoms.